The molecule has 1 heterocycles. The Kier molecular flexibility index (Phi) is 6.16. The highest BCUT2D eigenvalue weighted by molar-refractivity contribution is 7.92. The molecule has 1 aromatic carbocycles. The van der Waals surface area contributed by atoms with Gasteiger partial charge in [0.05, 0.1) is 21.2 Å². The molecule has 0 radical (unpaired) electrons. The zero-order valence-electron chi connectivity index (χ0n) is 16.8. The van der Waals surface area contributed by atoms with E-state index in [-0.39, 0.29) is 28.6 Å². The Hall–Kier alpha value is -1.41. The molecule has 162 valence electrons. The minimum Gasteiger partial charge on any atom is -0.307 e. The summed E-state index contributed by atoms with van der Waals surface area (Å²) >= 11 is 0. The number of benzene rings is 1. The summed E-state index contributed by atoms with van der Waals surface area (Å²) in [5, 5.41) is 3.24. The Bertz CT molecular complexity index is 852. The first-order chi connectivity index (χ1) is 13.4. The molecular weight excluding hydrogens is 403 g/mol. The van der Waals surface area contributed by atoms with Crippen molar-refractivity contribution < 1.29 is 26.4 Å². The predicted molar refractivity (Wildman–Crippen MR) is 104 cm³/mol. The molecule has 1 saturated carbocycles. The quantitative estimate of drug-likeness (QED) is 0.726. The van der Waals surface area contributed by atoms with Crippen molar-refractivity contribution in [1.82, 2.24) is 5.32 Å². The highest BCUT2D eigenvalue weighted by Crippen LogP contribution is 2.48. The highest BCUT2D eigenvalue weighted by Gasteiger charge is 2.49. The standard InChI is InChI=1S/C21H28F3NO3S/c1-20(2,29(27,28)17-7-5-6-15(13-17)21(22,23)24)16-10-14(11-16)12-19(26)18-8-3-4-9-25-18/h5-7,13-14,16,18,25H,3-4,8-12H2,1-2H3/t14?,16?,18-/m0/s1. The summed E-state index contributed by atoms with van der Waals surface area (Å²) in [5.74, 6) is 0.151. The van der Waals surface area contributed by atoms with Crippen LogP contribution in [0.3, 0.4) is 0 Å². The third-order valence-corrected chi connectivity index (χ3v) is 9.17. The van der Waals surface area contributed by atoms with Crippen LogP contribution in [-0.2, 0) is 20.8 Å². The number of halogens is 3. The highest BCUT2D eigenvalue weighted by atomic mass is 32.2. The minimum absolute atomic E-state index is 0.0929. The van der Waals surface area contributed by atoms with E-state index in [0.717, 1.165) is 37.9 Å². The van der Waals surface area contributed by atoms with Gasteiger partial charge in [-0.3, -0.25) is 4.79 Å². The van der Waals surface area contributed by atoms with Crippen LogP contribution in [0.15, 0.2) is 29.2 Å². The molecule has 2 fully saturated rings. The number of alkyl halides is 3. The number of sulfone groups is 1. The molecule has 3 rings (SSSR count). The molecule has 1 atom stereocenters. The van der Waals surface area contributed by atoms with Crippen LogP contribution in [0.25, 0.3) is 0 Å². The molecule has 1 aliphatic heterocycles. The molecule has 29 heavy (non-hydrogen) atoms. The lowest BCUT2D eigenvalue weighted by Gasteiger charge is -2.45. The molecule has 1 aromatic rings. The number of carbonyl (C=O) groups is 1. The molecule has 0 spiro atoms. The van der Waals surface area contributed by atoms with E-state index in [2.05, 4.69) is 5.32 Å². The number of hydrogen-bond donors (Lipinski definition) is 1. The molecule has 0 bridgehead atoms. The van der Waals surface area contributed by atoms with Crippen LogP contribution in [0, 0.1) is 11.8 Å². The Morgan fingerprint density at radius 1 is 1.17 bits per heavy atom. The van der Waals surface area contributed by atoms with E-state index in [9.17, 15) is 26.4 Å². The van der Waals surface area contributed by atoms with E-state index in [1.54, 1.807) is 13.8 Å². The summed E-state index contributed by atoms with van der Waals surface area (Å²) < 4.78 is 64.0. The molecule has 2 aliphatic rings. The monoisotopic (exact) mass is 431 g/mol. The second kappa shape index (κ2) is 8.02. The molecule has 1 saturated heterocycles. The average Bonchev–Trinajstić information content (AvgIpc) is 2.64. The van der Waals surface area contributed by atoms with Crippen LogP contribution in [0.2, 0.25) is 0 Å². The van der Waals surface area contributed by atoms with Crippen LogP contribution in [-0.4, -0.2) is 31.5 Å². The largest absolute Gasteiger partial charge is 0.416 e. The van der Waals surface area contributed by atoms with Crippen molar-refractivity contribution in [2.75, 3.05) is 6.54 Å². The van der Waals surface area contributed by atoms with Crippen molar-refractivity contribution in [3.05, 3.63) is 29.8 Å². The van der Waals surface area contributed by atoms with E-state index in [4.69, 9.17) is 0 Å². The van der Waals surface area contributed by atoms with Crippen molar-refractivity contribution >= 4 is 15.6 Å². The van der Waals surface area contributed by atoms with Gasteiger partial charge in [-0.1, -0.05) is 12.5 Å². The maximum atomic E-state index is 13.1. The van der Waals surface area contributed by atoms with Crippen molar-refractivity contribution in [3.63, 3.8) is 0 Å². The van der Waals surface area contributed by atoms with Crippen LogP contribution in [0.4, 0.5) is 13.2 Å². The number of nitrogens with one attached hydrogen (secondary N) is 1. The summed E-state index contributed by atoms with van der Waals surface area (Å²) in [5.41, 5.74) is -0.966. The summed E-state index contributed by atoms with van der Waals surface area (Å²) in [6.07, 6.45) is 0.0200. The van der Waals surface area contributed by atoms with E-state index in [1.807, 2.05) is 0 Å². The second-order valence-electron chi connectivity index (χ2n) is 8.84. The van der Waals surface area contributed by atoms with Gasteiger partial charge in [-0.15, -0.1) is 0 Å². The van der Waals surface area contributed by atoms with Gasteiger partial charge in [-0.05, 0) is 76.1 Å². The average molecular weight is 432 g/mol. The van der Waals surface area contributed by atoms with Gasteiger partial charge in [0.2, 0.25) is 0 Å². The van der Waals surface area contributed by atoms with E-state index >= 15 is 0 Å². The third-order valence-electron chi connectivity index (χ3n) is 6.57. The number of carbonyl (C=O) groups excluding carboxylic acids is 1. The van der Waals surface area contributed by atoms with Crippen molar-refractivity contribution in [1.29, 1.82) is 0 Å². The van der Waals surface area contributed by atoms with Gasteiger partial charge in [0.1, 0.15) is 5.78 Å². The van der Waals surface area contributed by atoms with Gasteiger partial charge in [-0.25, -0.2) is 8.42 Å². The summed E-state index contributed by atoms with van der Waals surface area (Å²) in [6, 6.07) is 3.85. The fourth-order valence-corrected chi connectivity index (χ4v) is 6.16. The molecule has 1 aliphatic carbocycles. The third kappa shape index (κ3) is 4.53. The molecule has 0 aromatic heterocycles. The number of Topliss-reactive ketones (excluding diaryl/α,β-unsaturated/α-hetero) is 1. The van der Waals surface area contributed by atoms with Gasteiger partial charge in [-0.2, -0.15) is 13.2 Å². The molecule has 4 nitrogen and oxygen atoms in total. The molecular formula is C21H28F3NO3S. The zero-order valence-corrected chi connectivity index (χ0v) is 17.6. The lowest BCUT2D eigenvalue weighted by molar-refractivity contribution is -0.137. The van der Waals surface area contributed by atoms with Gasteiger partial charge < -0.3 is 5.32 Å². The summed E-state index contributed by atoms with van der Waals surface area (Å²) in [7, 11) is -3.95. The number of rotatable bonds is 6. The number of ketones is 1. The minimum atomic E-state index is -4.59. The Balaban J connectivity index is 1.66. The topological polar surface area (TPSA) is 63.2 Å². The van der Waals surface area contributed by atoms with Crippen molar-refractivity contribution in [2.45, 2.75) is 74.2 Å². The lowest BCUT2D eigenvalue weighted by Crippen LogP contribution is -2.48. The van der Waals surface area contributed by atoms with Crippen LogP contribution in [0.1, 0.15) is 57.9 Å². The fourth-order valence-electron chi connectivity index (χ4n) is 4.39. The first kappa shape index (κ1) is 22.3. The van der Waals surface area contributed by atoms with Crippen molar-refractivity contribution in [3.8, 4) is 0 Å². The predicted octanol–water partition coefficient (Wildman–Crippen LogP) is 4.39. The Labute approximate surface area is 170 Å². The maximum Gasteiger partial charge on any atom is 0.416 e. The van der Waals surface area contributed by atoms with Crippen LogP contribution in [0.5, 0.6) is 0 Å². The van der Waals surface area contributed by atoms with E-state index < -0.39 is 26.3 Å². The first-order valence-electron chi connectivity index (χ1n) is 10.1. The molecule has 8 heteroatoms. The number of piperidine rings is 1. The van der Waals surface area contributed by atoms with E-state index in [1.165, 1.54) is 6.07 Å². The van der Waals surface area contributed by atoms with E-state index in [0.29, 0.717) is 25.3 Å². The summed E-state index contributed by atoms with van der Waals surface area (Å²) in [4.78, 5) is 12.1. The van der Waals surface area contributed by atoms with Gasteiger partial charge in [0.15, 0.2) is 9.84 Å². The smallest absolute Gasteiger partial charge is 0.307 e. The van der Waals surface area contributed by atoms with Gasteiger partial charge >= 0.3 is 6.18 Å². The zero-order chi connectivity index (χ0) is 21.4. The molecule has 0 amide bonds. The SMILES string of the molecule is CC(C)(C1CC(CC(=O)[C@@H]2CCCCN2)C1)S(=O)(=O)c1cccc(C(F)(F)F)c1. The van der Waals surface area contributed by atoms with Crippen LogP contribution >= 0.6 is 0 Å². The summed E-state index contributed by atoms with van der Waals surface area (Å²) in [6.45, 7) is 4.01. The Morgan fingerprint density at radius 2 is 1.86 bits per heavy atom. The fraction of sp³-hybridized carbons (Fsp3) is 0.667. The first-order valence-corrected chi connectivity index (χ1v) is 11.6. The Morgan fingerprint density at radius 3 is 2.45 bits per heavy atom. The lowest BCUT2D eigenvalue weighted by atomic mass is 9.67. The normalized spacial score (nSPS) is 26.0. The van der Waals surface area contributed by atoms with Gasteiger partial charge in [0, 0.05) is 6.42 Å². The molecule has 1 N–H and O–H groups in total. The molecule has 0 unspecified atom stereocenters. The second-order valence-corrected chi connectivity index (χ2v) is 11.4. The van der Waals surface area contributed by atoms with Gasteiger partial charge in [0.25, 0.3) is 0 Å². The van der Waals surface area contributed by atoms with Crippen LogP contribution < -0.4 is 5.32 Å². The van der Waals surface area contributed by atoms with Crippen molar-refractivity contribution in [2.24, 2.45) is 11.8 Å². The maximum absolute atomic E-state index is 13.1. The number of hydrogen-bond acceptors (Lipinski definition) is 4.